The molecule has 0 heterocycles. The molecule has 0 radical (unpaired) electrons. The van der Waals surface area contributed by atoms with E-state index in [2.05, 4.69) is 0 Å². The number of hydrogen-bond acceptors (Lipinski definition) is 1. The molecule has 1 nitrogen and oxygen atoms in total. The average Bonchev–Trinajstić information content (AvgIpc) is 2.79. The third kappa shape index (κ3) is 1.42. The molecule has 2 atom stereocenters. The molecule has 0 aliphatic heterocycles. The fourth-order valence-corrected chi connectivity index (χ4v) is 1.57. The van der Waals surface area contributed by atoms with Crippen molar-refractivity contribution in [2.75, 3.05) is 0 Å². The third-order valence-corrected chi connectivity index (χ3v) is 2.65. The maximum absolute atomic E-state index is 13.3. The van der Waals surface area contributed by atoms with Gasteiger partial charge in [-0.2, -0.15) is 0 Å². The fourth-order valence-electron chi connectivity index (χ4n) is 1.40. The van der Waals surface area contributed by atoms with Crippen LogP contribution < -0.4 is 5.73 Å². The molecular formula is C9H8ClF2N. The van der Waals surface area contributed by atoms with E-state index in [1.807, 2.05) is 0 Å². The second kappa shape index (κ2) is 2.93. The molecular weight excluding hydrogens is 196 g/mol. The van der Waals surface area contributed by atoms with Crippen molar-refractivity contribution < 1.29 is 8.78 Å². The minimum Gasteiger partial charge on any atom is -0.327 e. The van der Waals surface area contributed by atoms with Crippen LogP contribution in [0, 0.1) is 11.6 Å². The summed E-state index contributed by atoms with van der Waals surface area (Å²) in [4.78, 5) is 0. The van der Waals surface area contributed by atoms with Crippen molar-refractivity contribution in [2.24, 2.45) is 5.73 Å². The lowest BCUT2D eigenvalue weighted by Gasteiger charge is -2.03. The number of halogens is 3. The van der Waals surface area contributed by atoms with Crippen LogP contribution in [0.15, 0.2) is 12.1 Å². The SMILES string of the molecule is N[C@@H]1C[C@H]1c1ccc(F)c(Cl)c1F. The van der Waals surface area contributed by atoms with Gasteiger partial charge in [-0.15, -0.1) is 0 Å². The molecule has 0 aromatic heterocycles. The summed E-state index contributed by atoms with van der Waals surface area (Å²) in [5, 5.41) is -0.434. The molecule has 1 aromatic rings. The standard InChI is InChI=1S/C9H8ClF2N/c10-8-6(11)2-1-4(9(8)12)5-3-7(5)13/h1-2,5,7H,3,13H2/t5-,7+/m0/s1. The minimum atomic E-state index is -0.725. The molecule has 0 amide bonds. The van der Waals surface area contributed by atoms with Gasteiger partial charge in [-0.3, -0.25) is 0 Å². The van der Waals surface area contributed by atoms with Gasteiger partial charge in [0.05, 0.1) is 0 Å². The first-order valence-electron chi connectivity index (χ1n) is 4.00. The summed E-state index contributed by atoms with van der Waals surface area (Å²) in [5.41, 5.74) is 5.98. The zero-order valence-corrected chi connectivity index (χ0v) is 7.48. The Balaban J connectivity index is 2.43. The third-order valence-electron chi connectivity index (χ3n) is 2.30. The molecule has 1 saturated carbocycles. The largest absolute Gasteiger partial charge is 0.327 e. The smallest absolute Gasteiger partial charge is 0.148 e. The Bertz CT molecular complexity index is 354. The van der Waals surface area contributed by atoms with Crippen LogP contribution in [0.3, 0.4) is 0 Å². The van der Waals surface area contributed by atoms with Crippen LogP contribution in [0.1, 0.15) is 17.9 Å². The van der Waals surface area contributed by atoms with E-state index in [0.717, 1.165) is 6.42 Å². The lowest BCUT2D eigenvalue weighted by Crippen LogP contribution is -2.02. The Kier molecular flexibility index (Phi) is 2.00. The Morgan fingerprint density at radius 3 is 2.54 bits per heavy atom. The number of nitrogens with two attached hydrogens (primary N) is 1. The van der Waals surface area contributed by atoms with Crippen LogP contribution in [0.2, 0.25) is 5.02 Å². The van der Waals surface area contributed by atoms with Crippen LogP contribution in [-0.2, 0) is 0 Å². The second-order valence-corrected chi connectivity index (χ2v) is 3.65. The minimum absolute atomic E-state index is 0.00368. The first-order valence-corrected chi connectivity index (χ1v) is 4.38. The molecule has 1 fully saturated rings. The van der Waals surface area contributed by atoms with Gasteiger partial charge >= 0.3 is 0 Å². The lowest BCUT2D eigenvalue weighted by molar-refractivity contribution is 0.572. The van der Waals surface area contributed by atoms with Gasteiger partial charge in [-0.1, -0.05) is 17.7 Å². The quantitative estimate of drug-likeness (QED) is 0.697. The molecule has 70 valence electrons. The van der Waals surface area contributed by atoms with Crippen molar-refractivity contribution >= 4 is 11.6 Å². The summed E-state index contributed by atoms with van der Waals surface area (Å²) in [6.45, 7) is 0. The van der Waals surface area contributed by atoms with Gasteiger partial charge in [-0.05, 0) is 18.1 Å². The van der Waals surface area contributed by atoms with E-state index in [1.165, 1.54) is 12.1 Å². The summed E-state index contributed by atoms with van der Waals surface area (Å²) in [6, 6.07) is 2.58. The van der Waals surface area contributed by atoms with Crippen LogP contribution in [0.25, 0.3) is 0 Å². The van der Waals surface area contributed by atoms with E-state index >= 15 is 0 Å². The van der Waals surface area contributed by atoms with Crippen molar-refractivity contribution in [3.8, 4) is 0 Å². The average molecular weight is 204 g/mol. The second-order valence-electron chi connectivity index (χ2n) is 3.27. The highest BCUT2D eigenvalue weighted by molar-refractivity contribution is 6.30. The summed E-state index contributed by atoms with van der Waals surface area (Å²) in [5.74, 6) is -1.38. The number of benzene rings is 1. The van der Waals surface area contributed by atoms with Crippen LogP contribution in [-0.4, -0.2) is 6.04 Å². The van der Waals surface area contributed by atoms with Crippen molar-refractivity contribution in [1.29, 1.82) is 0 Å². The van der Waals surface area contributed by atoms with Crippen molar-refractivity contribution in [3.63, 3.8) is 0 Å². The molecule has 1 aliphatic carbocycles. The fraction of sp³-hybridized carbons (Fsp3) is 0.333. The number of rotatable bonds is 1. The molecule has 0 spiro atoms. The summed E-state index contributed by atoms with van der Waals surface area (Å²) < 4.78 is 26.0. The summed E-state index contributed by atoms with van der Waals surface area (Å²) in [6.07, 6.45) is 0.749. The summed E-state index contributed by atoms with van der Waals surface area (Å²) >= 11 is 5.41. The predicted molar refractivity (Wildman–Crippen MR) is 46.7 cm³/mol. The maximum atomic E-state index is 13.3. The van der Waals surface area contributed by atoms with E-state index in [-0.39, 0.29) is 12.0 Å². The molecule has 0 unspecified atom stereocenters. The monoisotopic (exact) mass is 203 g/mol. The predicted octanol–water partition coefficient (Wildman–Crippen LogP) is 2.43. The first-order chi connectivity index (χ1) is 6.11. The van der Waals surface area contributed by atoms with Crippen LogP contribution in [0.4, 0.5) is 8.78 Å². The molecule has 0 bridgehead atoms. The van der Waals surface area contributed by atoms with E-state index in [4.69, 9.17) is 17.3 Å². The molecule has 4 heteroatoms. The van der Waals surface area contributed by atoms with Gasteiger partial charge in [0, 0.05) is 12.0 Å². The molecule has 1 aromatic carbocycles. The van der Waals surface area contributed by atoms with Crippen molar-refractivity contribution in [3.05, 3.63) is 34.4 Å². The highest BCUT2D eigenvalue weighted by Crippen LogP contribution is 2.41. The molecule has 1 aliphatic rings. The van der Waals surface area contributed by atoms with Gasteiger partial charge in [-0.25, -0.2) is 8.78 Å². The zero-order chi connectivity index (χ0) is 9.59. The van der Waals surface area contributed by atoms with E-state index in [9.17, 15) is 8.78 Å². The number of hydrogen-bond donors (Lipinski definition) is 1. The van der Waals surface area contributed by atoms with Crippen molar-refractivity contribution in [2.45, 2.75) is 18.4 Å². The highest BCUT2D eigenvalue weighted by Gasteiger charge is 2.37. The normalized spacial score (nSPS) is 26.2. The van der Waals surface area contributed by atoms with E-state index in [1.54, 1.807) is 0 Å². The van der Waals surface area contributed by atoms with Gasteiger partial charge in [0.2, 0.25) is 0 Å². The topological polar surface area (TPSA) is 26.0 Å². The highest BCUT2D eigenvalue weighted by atomic mass is 35.5. The molecule has 2 N–H and O–H groups in total. The molecule has 13 heavy (non-hydrogen) atoms. The summed E-state index contributed by atoms with van der Waals surface area (Å²) in [7, 11) is 0. The van der Waals surface area contributed by atoms with Gasteiger partial charge in [0.15, 0.2) is 0 Å². The Morgan fingerprint density at radius 1 is 1.38 bits per heavy atom. The van der Waals surface area contributed by atoms with Crippen LogP contribution >= 0.6 is 11.6 Å². The van der Waals surface area contributed by atoms with Gasteiger partial charge in [0.1, 0.15) is 16.7 Å². The Labute approximate surface area is 79.5 Å². The van der Waals surface area contributed by atoms with E-state index < -0.39 is 16.7 Å². The molecule has 2 rings (SSSR count). The Morgan fingerprint density at radius 2 is 2.00 bits per heavy atom. The van der Waals surface area contributed by atoms with Gasteiger partial charge < -0.3 is 5.73 Å². The van der Waals surface area contributed by atoms with Gasteiger partial charge in [0.25, 0.3) is 0 Å². The van der Waals surface area contributed by atoms with Crippen LogP contribution in [0.5, 0.6) is 0 Å². The van der Waals surface area contributed by atoms with Crippen molar-refractivity contribution in [1.82, 2.24) is 0 Å². The lowest BCUT2D eigenvalue weighted by atomic mass is 10.1. The maximum Gasteiger partial charge on any atom is 0.148 e. The first kappa shape index (κ1) is 8.91. The Hall–Kier alpha value is -0.670. The van der Waals surface area contributed by atoms with E-state index in [0.29, 0.717) is 5.56 Å². The zero-order valence-electron chi connectivity index (χ0n) is 6.73. The molecule has 0 saturated heterocycles.